The molecule has 0 spiro atoms. The summed E-state index contributed by atoms with van der Waals surface area (Å²) >= 11 is 0. The van der Waals surface area contributed by atoms with Gasteiger partial charge in [-0.2, -0.15) is 0 Å². The summed E-state index contributed by atoms with van der Waals surface area (Å²) in [6, 6.07) is -0.917. The molecule has 1 amide bonds. The van der Waals surface area contributed by atoms with Crippen molar-refractivity contribution >= 4 is 19.7 Å². The van der Waals surface area contributed by atoms with Gasteiger partial charge in [0.05, 0.1) is 33.8 Å². The lowest BCUT2D eigenvalue weighted by Crippen LogP contribution is -2.47. The summed E-state index contributed by atoms with van der Waals surface area (Å²) in [5, 5.41) is 2.99. The van der Waals surface area contributed by atoms with Crippen molar-refractivity contribution in [3.8, 4) is 0 Å². The van der Waals surface area contributed by atoms with Crippen LogP contribution >= 0.6 is 7.82 Å². The van der Waals surface area contributed by atoms with Gasteiger partial charge >= 0.3 is 5.97 Å². The summed E-state index contributed by atoms with van der Waals surface area (Å²) in [5.41, 5.74) is 0. The van der Waals surface area contributed by atoms with Crippen LogP contribution in [0, 0.1) is 0 Å². The molecule has 0 heterocycles. The molecule has 0 aromatic heterocycles. The van der Waals surface area contributed by atoms with Crippen molar-refractivity contribution in [2.75, 3.05) is 40.9 Å². The van der Waals surface area contributed by atoms with Gasteiger partial charge in [0.1, 0.15) is 19.3 Å². The number of phosphoric ester groups is 1. The Kier molecular flexibility index (Phi) is 45.5. The Hall–Kier alpha value is -3.07. The number of hydrogen-bond donors (Lipinski definition) is 1. The number of hydrogen-bond acceptors (Lipinski definition) is 7. The van der Waals surface area contributed by atoms with Crippen molar-refractivity contribution in [1.29, 1.82) is 0 Å². The minimum absolute atomic E-state index is 0.0372. The fourth-order valence-corrected chi connectivity index (χ4v) is 7.88. The lowest BCUT2D eigenvalue weighted by atomic mass is 10.0. The number of carbonyl (C=O) groups excluding carboxylic acids is 2. The van der Waals surface area contributed by atoms with Crippen LogP contribution in [0.1, 0.15) is 207 Å². The van der Waals surface area contributed by atoms with Crippen molar-refractivity contribution in [1.82, 2.24) is 5.32 Å². The predicted molar refractivity (Wildman–Crippen MR) is 288 cm³/mol. The van der Waals surface area contributed by atoms with Crippen LogP contribution in [0.15, 0.2) is 97.2 Å². The number of esters is 1. The van der Waals surface area contributed by atoms with E-state index in [2.05, 4.69) is 105 Å². The first kappa shape index (κ1) is 64.9. The summed E-state index contributed by atoms with van der Waals surface area (Å²) in [5.74, 6) is -0.610. The first-order chi connectivity index (χ1) is 32.9. The lowest BCUT2D eigenvalue weighted by molar-refractivity contribution is -0.870. The highest BCUT2D eigenvalue weighted by molar-refractivity contribution is 7.45. The van der Waals surface area contributed by atoms with Crippen LogP contribution in [-0.2, 0) is 27.9 Å². The molecule has 0 aliphatic heterocycles. The van der Waals surface area contributed by atoms with Gasteiger partial charge in [0, 0.05) is 12.8 Å². The molecule has 0 radical (unpaired) electrons. The minimum atomic E-state index is -4.71. The maximum absolute atomic E-state index is 13.4. The quantitative estimate of drug-likeness (QED) is 0.0161. The Bertz CT molecular complexity index is 1490. The maximum atomic E-state index is 13.4. The first-order valence-electron chi connectivity index (χ1n) is 27.1. The maximum Gasteiger partial charge on any atom is 0.306 e. The molecular formula is C58H101N2O7P. The highest BCUT2D eigenvalue weighted by atomic mass is 31.2. The molecule has 0 aromatic carbocycles. The molecule has 0 saturated heterocycles. The molecule has 0 aliphatic rings. The number of quaternary nitrogens is 1. The number of nitrogens with one attached hydrogen (secondary N) is 1. The van der Waals surface area contributed by atoms with Gasteiger partial charge in [-0.05, 0) is 89.5 Å². The number of ether oxygens (including phenoxy) is 1. The molecule has 68 heavy (non-hydrogen) atoms. The van der Waals surface area contributed by atoms with E-state index in [-0.39, 0.29) is 31.3 Å². The van der Waals surface area contributed by atoms with Gasteiger partial charge in [-0.1, -0.05) is 202 Å². The van der Waals surface area contributed by atoms with Crippen molar-refractivity contribution in [3.05, 3.63) is 97.2 Å². The van der Waals surface area contributed by atoms with E-state index >= 15 is 0 Å². The smallest absolute Gasteiger partial charge is 0.306 e. The highest BCUT2D eigenvalue weighted by Gasteiger charge is 2.27. The Morgan fingerprint density at radius 1 is 0.544 bits per heavy atom. The molecular weight excluding hydrogens is 868 g/mol. The van der Waals surface area contributed by atoms with Crippen LogP contribution in [0.3, 0.4) is 0 Å². The molecule has 0 aliphatic carbocycles. The van der Waals surface area contributed by atoms with Gasteiger partial charge in [-0.15, -0.1) is 0 Å². The van der Waals surface area contributed by atoms with E-state index in [0.29, 0.717) is 23.9 Å². The number of rotatable bonds is 47. The number of nitrogens with zero attached hydrogens (tertiary/aromatic N) is 1. The molecule has 10 heteroatoms. The molecule has 0 fully saturated rings. The van der Waals surface area contributed by atoms with Crippen LogP contribution in [0.4, 0.5) is 0 Å². The van der Waals surface area contributed by atoms with E-state index in [1.165, 1.54) is 57.8 Å². The molecule has 0 saturated carbocycles. The summed E-state index contributed by atoms with van der Waals surface area (Å²) in [6.07, 6.45) is 62.3. The van der Waals surface area contributed by atoms with Gasteiger partial charge in [0.2, 0.25) is 5.91 Å². The largest absolute Gasteiger partial charge is 0.756 e. The fourth-order valence-electron chi connectivity index (χ4n) is 7.16. The normalized spacial score (nSPS) is 14.6. The monoisotopic (exact) mass is 969 g/mol. The Morgan fingerprint density at radius 3 is 1.59 bits per heavy atom. The molecule has 0 bridgehead atoms. The van der Waals surface area contributed by atoms with Crippen LogP contribution in [0.2, 0.25) is 0 Å². The third kappa shape index (κ3) is 48.0. The van der Waals surface area contributed by atoms with Crippen molar-refractivity contribution in [2.45, 2.75) is 219 Å². The zero-order chi connectivity index (χ0) is 50.1. The topological polar surface area (TPSA) is 114 Å². The minimum Gasteiger partial charge on any atom is -0.756 e. The van der Waals surface area contributed by atoms with E-state index in [4.69, 9.17) is 13.8 Å². The average Bonchev–Trinajstić information content (AvgIpc) is 3.29. The molecule has 3 unspecified atom stereocenters. The van der Waals surface area contributed by atoms with E-state index in [1.807, 2.05) is 39.4 Å². The summed E-state index contributed by atoms with van der Waals surface area (Å²) in [4.78, 5) is 39.8. The van der Waals surface area contributed by atoms with Crippen LogP contribution in [0.5, 0.6) is 0 Å². The zero-order valence-electron chi connectivity index (χ0n) is 44.3. The first-order valence-corrected chi connectivity index (χ1v) is 28.5. The van der Waals surface area contributed by atoms with Gasteiger partial charge in [-0.3, -0.25) is 14.2 Å². The van der Waals surface area contributed by atoms with E-state index in [9.17, 15) is 19.0 Å². The second-order valence-electron chi connectivity index (χ2n) is 19.0. The molecule has 3 atom stereocenters. The molecule has 0 rings (SSSR count). The number of likely N-dealkylation sites (N-methyl/N-ethyl adjacent to an activating group) is 1. The third-order valence-corrected chi connectivity index (χ3v) is 12.3. The van der Waals surface area contributed by atoms with Crippen LogP contribution < -0.4 is 10.2 Å². The molecule has 1 N–H and O–H groups in total. The van der Waals surface area contributed by atoms with Gasteiger partial charge < -0.3 is 28.5 Å². The van der Waals surface area contributed by atoms with E-state index in [1.54, 1.807) is 0 Å². The Labute approximate surface area is 418 Å². The molecule has 390 valence electrons. The summed E-state index contributed by atoms with van der Waals surface area (Å²) in [6.45, 7) is 6.53. The zero-order valence-corrected chi connectivity index (χ0v) is 45.2. The number of allylic oxidation sites excluding steroid dienone is 15. The van der Waals surface area contributed by atoms with Gasteiger partial charge in [0.25, 0.3) is 7.82 Å². The number of carbonyl (C=O) groups is 2. The number of amides is 1. The number of unbranched alkanes of at least 4 members (excludes halogenated alkanes) is 19. The Morgan fingerprint density at radius 2 is 1.01 bits per heavy atom. The predicted octanol–water partition coefficient (Wildman–Crippen LogP) is 15.4. The van der Waals surface area contributed by atoms with Crippen molar-refractivity contribution in [3.63, 3.8) is 0 Å². The van der Waals surface area contributed by atoms with Crippen molar-refractivity contribution < 1.29 is 37.3 Å². The second kappa shape index (κ2) is 47.6. The number of phosphoric acid groups is 1. The third-order valence-electron chi connectivity index (χ3n) is 11.3. The lowest BCUT2D eigenvalue weighted by Gasteiger charge is -2.30. The Balaban J connectivity index is 5.51. The average molecular weight is 969 g/mol. The van der Waals surface area contributed by atoms with E-state index in [0.717, 1.165) is 103 Å². The fraction of sp³-hybridized carbons (Fsp3) is 0.690. The van der Waals surface area contributed by atoms with Gasteiger partial charge in [-0.25, -0.2) is 0 Å². The van der Waals surface area contributed by atoms with Crippen molar-refractivity contribution in [2.24, 2.45) is 0 Å². The van der Waals surface area contributed by atoms with Crippen LogP contribution in [-0.4, -0.2) is 69.4 Å². The summed E-state index contributed by atoms with van der Waals surface area (Å²) < 4.78 is 30.1. The summed E-state index contributed by atoms with van der Waals surface area (Å²) in [7, 11) is 1.13. The SMILES string of the molecule is CC/C=C/C=C/C=C\CCCCCCCC(=O)OC(/C=C/CCCCCCCCCCCCC)C(COP(=O)([O-])OCC[N+](C)(C)C)NC(=O)CCCCC/C=C/C/C=C/C/C=C/C/C=C/CC. The molecule has 0 aromatic rings. The van der Waals surface area contributed by atoms with Gasteiger partial charge in [0.15, 0.2) is 0 Å². The van der Waals surface area contributed by atoms with E-state index < -0.39 is 26.6 Å². The standard InChI is InChI=1S/C58H101N2O7P/c1-7-10-13-16-19-22-25-28-29-30-33-35-38-41-44-47-50-57(61)59-55(54-66-68(63,64)65-53-52-60(4,5)6)56(49-46-43-40-37-34-31-26-23-20-17-14-11-8-2)67-58(62)51-48-45-42-39-36-32-27-24-21-18-15-12-9-3/h10,12-13,15,18-19,21-22,24,27-29,33,35,46,49,55-56H,7-9,11,14,16-17,20,23,25-26,30-32,34,36-45,47-48,50-54H2,1-6H3,(H-,59,61,63,64)/b13-10+,15-12+,21-18+,22-19+,27-24-,29-28+,35-33+,49-46+. The highest BCUT2D eigenvalue weighted by Crippen LogP contribution is 2.38. The molecule has 9 nitrogen and oxygen atoms in total. The second-order valence-corrected chi connectivity index (χ2v) is 20.4. The van der Waals surface area contributed by atoms with Crippen LogP contribution in [0.25, 0.3) is 0 Å².